The molecule has 11 nitrogen and oxygen atoms in total. The number of pyridine rings is 1. The van der Waals surface area contributed by atoms with Crippen molar-refractivity contribution in [2.45, 2.75) is 64.9 Å². The molecule has 4 aromatic rings. The van der Waals surface area contributed by atoms with Gasteiger partial charge in [0.2, 0.25) is 10.0 Å². The highest BCUT2D eigenvalue weighted by Gasteiger charge is 2.43. The molecule has 4 heterocycles. The van der Waals surface area contributed by atoms with Crippen molar-refractivity contribution in [1.29, 1.82) is 0 Å². The first-order chi connectivity index (χ1) is 19.4. The third kappa shape index (κ3) is 4.93. The van der Waals surface area contributed by atoms with Gasteiger partial charge in [0.15, 0.2) is 0 Å². The fourth-order valence-electron chi connectivity index (χ4n) is 5.97. The van der Waals surface area contributed by atoms with E-state index in [4.69, 9.17) is 9.84 Å². The highest BCUT2D eigenvalue weighted by atomic mass is 32.2. The highest BCUT2D eigenvalue weighted by Crippen LogP contribution is 2.44. The fourth-order valence-corrected chi connectivity index (χ4v) is 7.68. The average Bonchev–Trinajstić information content (AvgIpc) is 3.49. The third-order valence-corrected chi connectivity index (χ3v) is 10.1. The third-order valence-electron chi connectivity index (χ3n) is 8.18. The Labute approximate surface area is 240 Å². The van der Waals surface area contributed by atoms with Gasteiger partial charge in [0.25, 0.3) is 0 Å². The Morgan fingerprint density at radius 3 is 2.71 bits per heavy atom. The molecule has 0 bridgehead atoms. The first-order valence-corrected chi connectivity index (χ1v) is 15.2. The maximum atomic E-state index is 13.7. The van der Waals surface area contributed by atoms with Gasteiger partial charge in [0.05, 0.1) is 41.7 Å². The van der Waals surface area contributed by atoms with E-state index in [2.05, 4.69) is 15.3 Å². The lowest BCUT2D eigenvalue weighted by Gasteiger charge is -2.32. The number of esters is 1. The molecule has 0 unspecified atom stereocenters. The minimum Gasteiger partial charge on any atom is -0.469 e. The largest absolute Gasteiger partial charge is 0.469 e. The van der Waals surface area contributed by atoms with Crippen molar-refractivity contribution in [2.24, 2.45) is 18.4 Å². The van der Waals surface area contributed by atoms with Crippen molar-refractivity contribution in [3.05, 3.63) is 64.7 Å². The van der Waals surface area contributed by atoms with E-state index in [0.29, 0.717) is 36.6 Å². The molecule has 2 atom stereocenters. The maximum absolute atomic E-state index is 13.7. The van der Waals surface area contributed by atoms with Gasteiger partial charge in [0, 0.05) is 32.3 Å². The second-order valence-corrected chi connectivity index (χ2v) is 13.3. The van der Waals surface area contributed by atoms with Crippen LogP contribution in [0.5, 0.6) is 0 Å². The number of carbonyl (C=O) groups excluding carboxylic acids is 1. The highest BCUT2D eigenvalue weighted by molar-refractivity contribution is 7.89. The van der Waals surface area contributed by atoms with Crippen LogP contribution in [0.4, 0.5) is 0 Å². The van der Waals surface area contributed by atoms with Gasteiger partial charge in [0.1, 0.15) is 10.4 Å². The summed E-state index contributed by atoms with van der Waals surface area (Å²) in [5.41, 5.74) is 4.44. The molecule has 12 heteroatoms. The Bertz CT molecular complexity index is 1720. The van der Waals surface area contributed by atoms with Crippen LogP contribution in [0.1, 0.15) is 61.8 Å². The number of benzene rings is 1. The molecular weight excluding hydrogens is 542 g/mol. The summed E-state index contributed by atoms with van der Waals surface area (Å²) in [6.45, 7) is 10.9. The van der Waals surface area contributed by atoms with E-state index < -0.39 is 21.4 Å². The van der Waals surface area contributed by atoms with Crippen LogP contribution in [-0.2, 0) is 46.1 Å². The molecular formula is C29H37N7O4S. The number of rotatable bonds is 7. The molecule has 1 aliphatic heterocycles. The van der Waals surface area contributed by atoms with Crippen LogP contribution in [0, 0.1) is 18.3 Å². The second kappa shape index (κ2) is 10.6. The SMILES string of the molecule is CCn1nnc2c(C)c([C@H](c3cc(CN4C[C@@H](C)Cc5ncccc5S4(=O)=O)n(C)n3)C(C)(C)C(=O)OC)ccc21. The molecule has 0 spiro atoms. The van der Waals surface area contributed by atoms with Gasteiger partial charge in [-0.1, -0.05) is 18.2 Å². The number of sulfonamides is 1. The molecule has 1 aliphatic rings. The number of carbonyl (C=O) groups is 1. The zero-order valence-electron chi connectivity index (χ0n) is 24.6. The van der Waals surface area contributed by atoms with E-state index in [-0.39, 0.29) is 23.3 Å². The van der Waals surface area contributed by atoms with E-state index in [9.17, 15) is 13.2 Å². The zero-order valence-corrected chi connectivity index (χ0v) is 25.4. The molecule has 0 aliphatic carbocycles. The number of ether oxygens (including phenoxy) is 1. The van der Waals surface area contributed by atoms with E-state index in [1.54, 1.807) is 30.1 Å². The van der Waals surface area contributed by atoms with Crippen molar-refractivity contribution in [3.63, 3.8) is 0 Å². The van der Waals surface area contributed by atoms with Gasteiger partial charge in [-0.2, -0.15) is 9.40 Å². The smallest absolute Gasteiger partial charge is 0.312 e. The molecule has 0 fully saturated rings. The summed E-state index contributed by atoms with van der Waals surface area (Å²) >= 11 is 0. The Balaban J connectivity index is 1.59. The second-order valence-electron chi connectivity index (χ2n) is 11.4. The number of hydrogen-bond acceptors (Lipinski definition) is 8. The van der Waals surface area contributed by atoms with Gasteiger partial charge in [-0.15, -0.1) is 5.10 Å². The molecule has 5 rings (SSSR count). The van der Waals surface area contributed by atoms with Crippen molar-refractivity contribution in [3.8, 4) is 0 Å². The van der Waals surface area contributed by atoms with Gasteiger partial charge in [-0.05, 0) is 75.4 Å². The van der Waals surface area contributed by atoms with Crippen LogP contribution in [0.2, 0.25) is 0 Å². The predicted octanol–water partition coefficient (Wildman–Crippen LogP) is 3.60. The van der Waals surface area contributed by atoms with Crippen LogP contribution >= 0.6 is 0 Å². The summed E-state index contributed by atoms with van der Waals surface area (Å²) < 4.78 is 37.7. The van der Waals surface area contributed by atoms with Crippen LogP contribution in [0.15, 0.2) is 41.4 Å². The Morgan fingerprint density at radius 1 is 1.24 bits per heavy atom. The van der Waals surface area contributed by atoms with Crippen LogP contribution < -0.4 is 0 Å². The first-order valence-electron chi connectivity index (χ1n) is 13.8. The van der Waals surface area contributed by atoms with Gasteiger partial charge in [-0.25, -0.2) is 13.1 Å². The maximum Gasteiger partial charge on any atom is 0.312 e. The summed E-state index contributed by atoms with van der Waals surface area (Å²) in [4.78, 5) is 17.8. The lowest BCUT2D eigenvalue weighted by Crippen LogP contribution is -2.34. The van der Waals surface area contributed by atoms with Gasteiger partial charge < -0.3 is 4.74 Å². The quantitative estimate of drug-likeness (QED) is 0.304. The number of methoxy groups -OCH3 is 1. The van der Waals surface area contributed by atoms with Crippen LogP contribution in [0.3, 0.4) is 0 Å². The number of nitrogens with zero attached hydrogens (tertiary/aromatic N) is 7. The number of fused-ring (bicyclic) bond motifs is 2. The molecule has 41 heavy (non-hydrogen) atoms. The Hall–Kier alpha value is -3.64. The normalized spacial score (nSPS) is 18.2. The first kappa shape index (κ1) is 28.9. The molecule has 0 amide bonds. The van der Waals surface area contributed by atoms with Gasteiger partial charge >= 0.3 is 5.97 Å². The van der Waals surface area contributed by atoms with E-state index in [0.717, 1.165) is 22.2 Å². The number of aryl methyl sites for hydroxylation is 3. The lowest BCUT2D eigenvalue weighted by molar-refractivity contribution is -0.151. The monoisotopic (exact) mass is 579 g/mol. The Kier molecular flexibility index (Phi) is 7.49. The minimum atomic E-state index is -3.77. The van der Waals surface area contributed by atoms with Crippen molar-refractivity contribution >= 4 is 27.0 Å². The standard InChI is InChI=1S/C29H37N7O4S/c1-8-36-24-12-11-21(19(3)27(24)31-33-36)26(29(4,5)28(37)40-7)23-15-20(34(6)32-23)17-35-16-18(2)14-22-25(41(35,38)39)10-9-13-30-22/h9-13,15,18,26H,8,14,16-17H2,1-7H3/t18-,26+/m0/s1. The van der Waals surface area contributed by atoms with E-state index in [1.807, 2.05) is 57.5 Å². The van der Waals surface area contributed by atoms with Crippen molar-refractivity contribution in [1.82, 2.24) is 34.1 Å². The van der Waals surface area contributed by atoms with Crippen LogP contribution in [0.25, 0.3) is 11.0 Å². The Morgan fingerprint density at radius 2 is 2.00 bits per heavy atom. The molecule has 0 radical (unpaired) electrons. The van der Waals surface area contributed by atoms with E-state index in [1.165, 1.54) is 11.4 Å². The van der Waals surface area contributed by atoms with Crippen molar-refractivity contribution < 1.29 is 17.9 Å². The summed E-state index contributed by atoms with van der Waals surface area (Å²) in [5, 5.41) is 13.5. The average molecular weight is 580 g/mol. The van der Waals surface area contributed by atoms with E-state index >= 15 is 0 Å². The summed E-state index contributed by atoms with van der Waals surface area (Å²) in [7, 11) is -0.590. The molecule has 0 saturated heterocycles. The minimum absolute atomic E-state index is 0.0885. The lowest BCUT2D eigenvalue weighted by atomic mass is 9.71. The summed E-state index contributed by atoms with van der Waals surface area (Å²) in [6.07, 6.45) is 2.22. The summed E-state index contributed by atoms with van der Waals surface area (Å²) in [6, 6.07) is 9.16. The molecule has 0 saturated carbocycles. The molecule has 218 valence electrons. The zero-order chi connectivity index (χ0) is 29.7. The van der Waals surface area contributed by atoms with Gasteiger partial charge in [-0.3, -0.25) is 14.5 Å². The summed E-state index contributed by atoms with van der Waals surface area (Å²) in [5.74, 6) is -0.777. The fraction of sp³-hybridized carbons (Fsp3) is 0.483. The number of hydrogen-bond donors (Lipinski definition) is 0. The predicted molar refractivity (Wildman–Crippen MR) is 153 cm³/mol. The number of aromatic nitrogens is 6. The molecule has 0 N–H and O–H groups in total. The molecule has 1 aromatic carbocycles. The van der Waals surface area contributed by atoms with Crippen molar-refractivity contribution in [2.75, 3.05) is 13.7 Å². The molecule has 3 aromatic heterocycles. The topological polar surface area (TPSA) is 125 Å². The van der Waals surface area contributed by atoms with Crippen LogP contribution in [-0.4, -0.2) is 62.1 Å².